The topological polar surface area (TPSA) is 56.6 Å². The van der Waals surface area contributed by atoms with E-state index in [4.69, 9.17) is 9.47 Å². The maximum atomic E-state index is 12.4. The van der Waals surface area contributed by atoms with Gasteiger partial charge in [0.05, 0.1) is 6.20 Å². The monoisotopic (exact) mass is 287 g/mol. The molecule has 0 radical (unpaired) electrons. The van der Waals surface area contributed by atoms with Gasteiger partial charge in [-0.1, -0.05) is 0 Å². The molecule has 0 fully saturated rings. The number of benzene rings is 1. The standard InChI is InChI=1S/C15H17N3O3/c1-17(9-11-8-16-18(2)10-11)15(19)12-3-4-13-14(7-12)21-6-5-20-13/h3-4,7-8,10H,5-6,9H2,1-2H3. The summed E-state index contributed by atoms with van der Waals surface area (Å²) in [7, 11) is 3.62. The molecular weight excluding hydrogens is 270 g/mol. The molecule has 6 nitrogen and oxygen atoms in total. The number of carbonyl (C=O) groups excluding carboxylic acids is 1. The number of aryl methyl sites for hydroxylation is 1. The van der Waals surface area contributed by atoms with Crippen molar-refractivity contribution in [2.75, 3.05) is 20.3 Å². The van der Waals surface area contributed by atoms with Gasteiger partial charge in [-0.15, -0.1) is 0 Å². The minimum atomic E-state index is -0.0594. The van der Waals surface area contributed by atoms with Gasteiger partial charge in [0, 0.05) is 38.0 Å². The van der Waals surface area contributed by atoms with Crippen molar-refractivity contribution in [1.29, 1.82) is 0 Å². The van der Waals surface area contributed by atoms with Gasteiger partial charge in [-0.2, -0.15) is 5.10 Å². The van der Waals surface area contributed by atoms with Crippen molar-refractivity contribution in [1.82, 2.24) is 14.7 Å². The molecule has 1 aromatic carbocycles. The zero-order valence-electron chi connectivity index (χ0n) is 12.1. The van der Waals surface area contributed by atoms with Crippen molar-refractivity contribution < 1.29 is 14.3 Å². The van der Waals surface area contributed by atoms with Crippen LogP contribution in [0, 0.1) is 0 Å². The second-order valence-electron chi connectivity index (χ2n) is 5.04. The second-order valence-corrected chi connectivity index (χ2v) is 5.04. The summed E-state index contributed by atoms with van der Waals surface area (Å²) in [6, 6.07) is 5.27. The fourth-order valence-electron chi connectivity index (χ4n) is 2.30. The van der Waals surface area contributed by atoms with Crippen LogP contribution in [0.15, 0.2) is 30.6 Å². The van der Waals surface area contributed by atoms with Crippen molar-refractivity contribution >= 4 is 5.91 Å². The summed E-state index contributed by atoms with van der Waals surface area (Å²) in [5, 5.41) is 4.10. The second kappa shape index (κ2) is 5.47. The molecular formula is C15H17N3O3. The van der Waals surface area contributed by atoms with Crippen LogP contribution in [0.4, 0.5) is 0 Å². The molecule has 110 valence electrons. The van der Waals surface area contributed by atoms with Gasteiger partial charge in [-0.05, 0) is 18.2 Å². The van der Waals surface area contributed by atoms with Crippen LogP contribution in [-0.4, -0.2) is 40.8 Å². The lowest BCUT2D eigenvalue weighted by Gasteiger charge is -2.20. The van der Waals surface area contributed by atoms with E-state index >= 15 is 0 Å². The molecule has 3 rings (SSSR count). The van der Waals surface area contributed by atoms with Crippen LogP contribution in [0.3, 0.4) is 0 Å². The van der Waals surface area contributed by atoms with Crippen molar-refractivity contribution in [3.63, 3.8) is 0 Å². The highest BCUT2D eigenvalue weighted by Gasteiger charge is 2.17. The van der Waals surface area contributed by atoms with Crippen LogP contribution in [0.25, 0.3) is 0 Å². The maximum absolute atomic E-state index is 12.4. The Morgan fingerprint density at radius 2 is 2.10 bits per heavy atom. The normalized spacial score (nSPS) is 13.0. The SMILES string of the molecule is CN(Cc1cnn(C)c1)C(=O)c1ccc2c(c1)OCCO2. The molecule has 6 heteroatoms. The van der Waals surface area contributed by atoms with E-state index in [1.165, 1.54) is 0 Å². The first-order chi connectivity index (χ1) is 10.1. The van der Waals surface area contributed by atoms with E-state index in [1.807, 2.05) is 13.2 Å². The third-order valence-corrected chi connectivity index (χ3v) is 3.31. The number of rotatable bonds is 3. The van der Waals surface area contributed by atoms with E-state index in [9.17, 15) is 4.79 Å². The molecule has 0 bridgehead atoms. The van der Waals surface area contributed by atoms with Crippen molar-refractivity contribution in [3.05, 3.63) is 41.7 Å². The van der Waals surface area contributed by atoms with Gasteiger partial charge in [0.15, 0.2) is 11.5 Å². The molecule has 0 spiro atoms. The lowest BCUT2D eigenvalue weighted by atomic mass is 10.1. The number of amides is 1. The number of ether oxygens (including phenoxy) is 2. The Morgan fingerprint density at radius 1 is 1.33 bits per heavy atom. The molecule has 0 saturated carbocycles. The molecule has 1 amide bonds. The van der Waals surface area contributed by atoms with E-state index in [2.05, 4.69) is 5.10 Å². The first kappa shape index (κ1) is 13.5. The predicted octanol–water partition coefficient (Wildman–Crippen LogP) is 1.46. The van der Waals surface area contributed by atoms with E-state index < -0.39 is 0 Å². The highest BCUT2D eigenvalue weighted by Crippen LogP contribution is 2.31. The quantitative estimate of drug-likeness (QED) is 0.857. The summed E-state index contributed by atoms with van der Waals surface area (Å²) in [5.74, 6) is 1.26. The summed E-state index contributed by atoms with van der Waals surface area (Å²) in [6.07, 6.45) is 3.65. The first-order valence-corrected chi connectivity index (χ1v) is 6.76. The van der Waals surface area contributed by atoms with Crippen LogP contribution in [0.1, 0.15) is 15.9 Å². The molecule has 0 saturated heterocycles. The van der Waals surface area contributed by atoms with Crippen LogP contribution in [0.2, 0.25) is 0 Å². The van der Waals surface area contributed by atoms with Gasteiger partial charge in [-0.25, -0.2) is 0 Å². The Hall–Kier alpha value is -2.50. The average Bonchev–Trinajstić information content (AvgIpc) is 2.91. The number of aromatic nitrogens is 2. The molecule has 2 heterocycles. The van der Waals surface area contributed by atoms with E-state index in [-0.39, 0.29) is 5.91 Å². The van der Waals surface area contributed by atoms with Crippen LogP contribution < -0.4 is 9.47 Å². The lowest BCUT2D eigenvalue weighted by Crippen LogP contribution is -2.26. The Morgan fingerprint density at radius 3 is 2.81 bits per heavy atom. The Bertz CT molecular complexity index is 666. The van der Waals surface area contributed by atoms with Gasteiger partial charge in [0.25, 0.3) is 5.91 Å². The van der Waals surface area contributed by atoms with Crippen LogP contribution >= 0.6 is 0 Å². The molecule has 1 aliphatic heterocycles. The van der Waals surface area contributed by atoms with E-state index in [1.54, 1.807) is 41.0 Å². The largest absolute Gasteiger partial charge is 0.486 e. The summed E-state index contributed by atoms with van der Waals surface area (Å²) >= 11 is 0. The molecule has 2 aromatic rings. The average molecular weight is 287 g/mol. The van der Waals surface area contributed by atoms with Gasteiger partial charge >= 0.3 is 0 Å². The summed E-state index contributed by atoms with van der Waals surface area (Å²) in [5.41, 5.74) is 1.58. The smallest absolute Gasteiger partial charge is 0.254 e. The minimum Gasteiger partial charge on any atom is -0.486 e. The number of carbonyl (C=O) groups is 1. The van der Waals surface area contributed by atoms with E-state index in [0.717, 1.165) is 5.56 Å². The zero-order valence-corrected chi connectivity index (χ0v) is 12.1. The predicted molar refractivity (Wildman–Crippen MR) is 76.4 cm³/mol. The molecule has 21 heavy (non-hydrogen) atoms. The number of hydrogen-bond acceptors (Lipinski definition) is 4. The molecule has 0 unspecified atom stereocenters. The third kappa shape index (κ3) is 2.84. The van der Waals surface area contributed by atoms with Gasteiger partial charge in [0.1, 0.15) is 13.2 Å². The first-order valence-electron chi connectivity index (χ1n) is 6.76. The fourth-order valence-corrected chi connectivity index (χ4v) is 2.30. The van der Waals surface area contributed by atoms with Crippen LogP contribution in [0.5, 0.6) is 11.5 Å². The fraction of sp³-hybridized carbons (Fsp3) is 0.333. The molecule has 0 atom stereocenters. The molecule has 0 aliphatic carbocycles. The summed E-state index contributed by atoms with van der Waals surface area (Å²) < 4.78 is 12.7. The highest BCUT2D eigenvalue weighted by molar-refractivity contribution is 5.94. The Kier molecular flexibility index (Phi) is 3.51. The van der Waals surface area contributed by atoms with Gasteiger partial charge in [0.2, 0.25) is 0 Å². The minimum absolute atomic E-state index is 0.0594. The van der Waals surface area contributed by atoms with Crippen molar-refractivity contribution in [2.24, 2.45) is 7.05 Å². The maximum Gasteiger partial charge on any atom is 0.254 e. The third-order valence-electron chi connectivity index (χ3n) is 3.31. The van der Waals surface area contributed by atoms with Crippen molar-refractivity contribution in [3.8, 4) is 11.5 Å². The summed E-state index contributed by atoms with van der Waals surface area (Å²) in [6.45, 7) is 1.57. The van der Waals surface area contributed by atoms with Gasteiger partial charge in [-0.3, -0.25) is 9.48 Å². The Labute approximate surface area is 122 Å². The Balaban J connectivity index is 1.75. The molecule has 1 aromatic heterocycles. The molecule has 0 N–H and O–H groups in total. The van der Waals surface area contributed by atoms with E-state index in [0.29, 0.717) is 36.8 Å². The molecule has 1 aliphatic rings. The number of hydrogen-bond donors (Lipinski definition) is 0. The van der Waals surface area contributed by atoms with Crippen LogP contribution in [-0.2, 0) is 13.6 Å². The zero-order chi connectivity index (χ0) is 14.8. The van der Waals surface area contributed by atoms with Crippen molar-refractivity contribution in [2.45, 2.75) is 6.54 Å². The lowest BCUT2D eigenvalue weighted by molar-refractivity contribution is 0.0784. The summed E-state index contributed by atoms with van der Waals surface area (Å²) in [4.78, 5) is 14.1. The van der Waals surface area contributed by atoms with Gasteiger partial charge < -0.3 is 14.4 Å². The number of nitrogens with zero attached hydrogens (tertiary/aromatic N) is 3. The number of fused-ring (bicyclic) bond motifs is 1. The highest BCUT2D eigenvalue weighted by atomic mass is 16.6.